The summed E-state index contributed by atoms with van der Waals surface area (Å²) in [4.78, 5) is 12.1. The van der Waals surface area contributed by atoms with Crippen molar-refractivity contribution in [2.75, 3.05) is 7.11 Å². The summed E-state index contributed by atoms with van der Waals surface area (Å²) in [5.74, 6) is 0.0530. The van der Waals surface area contributed by atoms with Gasteiger partial charge in [-0.15, -0.1) is 0 Å². The Balaban J connectivity index is 2.18. The Morgan fingerprint density at radius 2 is 1.89 bits per heavy atom. The van der Waals surface area contributed by atoms with Crippen molar-refractivity contribution >= 4 is 17.4 Å². The van der Waals surface area contributed by atoms with Gasteiger partial charge in [0.1, 0.15) is 11.6 Å². The quantitative estimate of drug-likeness (QED) is 0.793. The molecule has 2 aromatic carbocycles. The Morgan fingerprint density at radius 3 is 2.53 bits per heavy atom. The van der Waals surface area contributed by atoms with Gasteiger partial charge in [-0.25, -0.2) is 4.39 Å². The van der Waals surface area contributed by atoms with Gasteiger partial charge in [0.2, 0.25) is 0 Å². The maximum Gasteiger partial charge on any atom is 0.167 e. The summed E-state index contributed by atoms with van der Waals surface area (Å²) in [5.41, 5.74) is 1.03. The summed E-state index contributed by atoms with van der Waals surface area (Å²) < 4.78 is 18.3. The normalized spacial score (nSPS) is 10.3. The number of ether oxygens (including phenoxy) is 1. The van der Waals surface area contributed by atoms with E-state index in [2.05, 4.69) is 0 Å². The molecule has 0 heterocycles. The summed E-state index contributed by atoms with van der Waals surface area (Å²) in [6.45, 7) is 0. The van der Waals surface area contributed by atoms with Gasteiger partial charge >= 0.3 is 0 Å². The van der Waals surface area contributed by atoms with Gasteiger partial charge in [0, 0.05) is 12.0 Å². The lowest BCUT2D eigenvalue weighted by molar-refractivity contribution is 0.0993. The van der Waals surface area contributed by atoms with Gasteiger partial charge in [0.25, 0.3) is 0 Å². The molecule has 0 amide bonds. The molecule has 0 saturated heterocycles. The predicted molar refractivity (Wildman–Crippen MR) is 72.4 cm³/mol. The maximum absolute atomic E-state index is 13.3. The molecule has 19 heavy (non-hydrogen) atoms. The van der Waals surface area contributed by atoms with Crippen LogP contribution in [0.2, 0.25) is 5.02 Å². The first-order chi connectivity index (χ1) is 9.11. The average Bonchev–Trinajstić information content (AvgIpc) is 2.44. The molecule has 0 N–H and O–H groups in total. The molecule has 4 heteroatoms. The lowest BCUT2D eigenvalue weighted by Gasteiger charge is -2.05. The Bertz CT molecular complexity index is 594. The van der Waals surface area contributed by atoms with E-state index in [0.29, 0.717) is 16.9 Å². The van der Waals surface area contributed by atoms with Crippen molar-refractivity contribution in [1.82, 2.24) is 0 Å². The lowest BCUT2D eigenvalue weighted by Crippen LogP contribution is -2.04. The molecule has 0 atom stereocenters. The molecule has 0 aliphatic rings. The number of ketones is 1. The van der Waals surface area contributed by atoms with Gasteiger partial charge in [-0.1, -0.05) is 23.7 Å². The number of carbonyl (C=O) groups is 1. The van der Waals surface area contributed by atoms with Crippen molar-refractivity contribution in [3.8, 4) is 5.75 Å². The monoisotopic (exact) mass is 278 g/mol. The molecule has 2 rings (SSSR count). The van der Waals surface area contributed by atoms with Crippen molar-refractivity contribution in [1.29, 1.82) is 0 Å². The minimum atomic E-state index is -0.512. The second kappa shape index (κ2) is 5.85. The Kier molecular flexibility index (Phi) is 4.17. The third kappa shape index (κ3) is 3.12. The molecule has 0 aromatic heterocycles. The van der Waals surface area contributed by atoms with Crippen molar-refractivity contribution in [3.63, 3.8) is 0 Å². The van der Waals surface area contributed by atoms with Crippen molar-refractivity contribution in [3.05, 3.63) is 64.4 Å². The number of carbonyl (C=O) groups excluding carboxylic acids is 1. The first-order valence-corrected chi connectivity index (χ1v) is 6.09. The summed E-state index contributed by atoms with van der Waals surface area (Å²) in [5, 5.41) is 0.00404. The van der Waals surface area contributed by atoms with Crippen LogP contribution in [0.5, 0.6) is 5.75 Å². The smallest absolute Gasteiger partial charge is 0.167 e. The van der Waals surface area contributed by atoms with Gasteiger partial charge in [0.15, 0.2) is 5.78 Å². The van der Waals surface area contributed by atoms with Crippen LogP contribution in [0, 0.1) is 5.82 Å². The minimum absolute atomic E-state index is 0.00404. The zero-order valence-electron chi connectivity index (χ0n) is 10.3. The molecule has 0 aliphatic heterocycles. The summed E-state index contributed by atoms with van der Waals surface area (Å²) in [6.07, 6.45) is 0.0723. The number of methoxy groups -OCH3 is 1. The largest absolute Gasteiger partial charge is 0.497 e. The van der Waals surface area contributed by atoms with Crippen LogP contribution in [0.15, 0.2) is 42.5 Å². The zero-order chi connectivity index (χ0) is 13.8. The maximum atomic E-state index is 13.3. The van der Waals surface area contributed by atoms with Gasteiger partial charge in [-0.2, -0.15) is 0 Å². The highest BCUT2D eigenvalue weighted by Gasteiger charge is 2.12. The molecule has 0 radical (unpaired) electrons. The molecular weight excluding hydrogens is 267 g/mol. The standard InChI is InChI=1S/C15H12ClFO2/c1-19-12-7-5-10(6-8-12)14(18)9-11-3-2-4-13(17)15(11)16/h2-8H,9H2,1H3. The van der Waals surface area contributed by atoms with E-state index >= 15 is 0 Å². The molecule has 0 bridgehead atoms. The van der Waals surface area contributed by atoms with E-state index in [-0.39, 0.29) is 17.2 Å². The van der Waals surface area contributed by atoms with E-state index in [1.54, 1.807) is 37.4 Å². The fourth-order valence-corrected chi connectivity index (χ4v) is 1.93. The SMILES string of the molecule is COc1ccc(C(=O)Cc2cccc(F)c2Cl)cc1. The molecule has 0 saturated carbocycles. The highest BCUT2D eigenvalue weighted by Crippen LogP contribution is 2.21. The van der Waals surface area contributed by atoms with Crippen LogP contribution >= 0.6 is 11.6 Å². The predicted octanol–water partition coefficient (Wildman–Crippen LogP) is 3.91. The average molecular weight is 279 g/mol. The third-order valence-electron chi connectivity index (χ3n) is 2.79. The van der Waals surface area contributed by atoms with Gasteiger partial charge < -0.3 is 4.74 Å². The van der Waals surface area contributed by atoms with Gasteiger partial charge in [-0.05, 0) is 35.9 Å². The van der Waals surface area contributed by atoms with Crippen LogP contribution in [-0.2, 0) is 6.42 Å². The Hall–Kier alpha value is -1.87. The number of benzene rings is 2. The molecule has 2 nitrogen and oxygen atoms in total. The Morgan fingerprint density at radius 1 is 1.21 bits per heavy atom. The van der Waals surface area contributed by atoms with Crippen LogP contribution < -0.4 is 4.74 Å². The second-order valence-corrected chi connectivity index (χ2v) is 4.42. The number of hydrogen-bond acceptors (Lipinski definition) is 2. The third-order valence-corrected chi connectivity index (χ3v) is 3.22. The first-order valence-electron chi connectivity index (χ1n) is 5.72. The van der Waals surface area contributed by atoms with E-state index in [4.69, 9.17) is 16.3 Å². The number of halogens is 2. The second-order valence-electron chi connectivity index (χ2n) is 4.04. The topological polar surface area (TPSA) is 26.3 Å². The van der Waals surface area contributed by atoms with Gasteiger partial charge in [-0.3, -0.25) is 4.79 Å². The van der Waals surface area contributed by atoms with E-state index in [1.807, 2.05) is 0 Å². The summed E-state index contributed by atoms with van der Waals surface area (Å²) in [7, 11) is 1.56. The first kappa shape index (κ1) is 13.6. The molecular formula is C15H12ClFO2. The highest BCUT2D eigenvalue weighted by atomic mass is 35.5. The van der Waals surface area contributed by atoms with Crippen molar-refractivity contribution in [2.45, 2.75) is 6.42 Å². The summed E-state index contributed by atoms with van der Waals surface area (Å²) in [6, 6.07) is 11.2. The van der Waals surface area contributed by atoms with E-state index < -0.39 is 5.82 Å². The zero-order valence-corrected chi connectivity index (χ0v) is 11.1. The van der Waals surface area contributed by atoms with Crippen LogP contribution in [0.3, 0.4) is 0 Å². The van der Waals surface area contributed by atoms with E-state index in [0.717, 1.165) is 0 Å². The van der Waals surface area contributed by atoms with E-state index in [1.165, 1.54) is 12.1 Å². The lowest BCUT2D eigenvalue weighted by atomic mass is 10.0. The number of hydrogen-bond donors (Lipinski definition) is 0. The highest BCUT2D eigenvalue weighted by molar-refractivity contribution is 6.31. The fourth-order valence-electron chi connectivity index (χ4n) is 1.74. The van der Waals surface area contributed by atoms with Crippen LogP contribution in [-0.4, -0.2) is 12.9 Å². The molecule has 0 unspecified atom stereocenters. The van der Waals surface area contributed by atoms with Gasteiger partial charge in [0.05, 0.1) is 12.1 Å². The van der Waals surface area contributed by atoms with Crippen molar-refractivity contribution < 1.29 is 13.9 Å². The van der Waals surface area contributed by atoms with E-state index in [9.17, 15) is 9.18 Å². The molecule has 2 aromatic rings. The fraction of sp³-hybridized carbons (Fsp3) is 0.133. The summed E-state index contributed by atoms with van der Waals surface area (Å²) >= 11 is 5.83. The molecule has 98 valence electrons. The number of rotatable bonds is 4. The molecule has 0 aliphatic carbocycles. The molecule has 0 spiro atoms. The Labute approximate surface area is 115 Å². The minimum Gasteiger partial charge on any atom is -0.497 e. The number of Topliss-reactive ketones (excluding diaryl/α,β-unsaturated/α-hetero) is 1. The van der Waals surface area contributed by atoms with Crippen LogP contribution in [0.25, 0.3) is 0 Å². The molecule has 0 fully saturated rings. The van der Waals surface area contributed by atoms with Crippen LogP contribution in [0.4, 0.5) is 4.39 Å². The van der Waals surface area contributed by atoms with Crippen molar-refractivity contribution in [2.24, 2.45) is 0 Å². The van der Waals surface area contributed by atoms with Crippen LogP contribution in [0.1, 0.15) is 15.9 Å².